The van der Waals surface area contributed by atoms with Gasteiger partial charge < -0.3 is 14.1 Å². The monoisotopic (exact) mass is 278 g/mol. The summed E-state index contributed by atoms with van der Waals surface area (Å²) in [5.74, 6) is 1.14. The highest BCUT2D eigenvalue weighted by molar-refractivity contribution is 5.78. The number of carbonyl (C=O) groups excluding carboxylic acids is 1. The molecule has 1 saturated heterocycles. The molecular weight excluding hydrogens is 256 g/mol. The Labute approximate surface area is 119 Å². The van der Waals surface area contributed by atoms with Crippen LogP contribution in [0.2, 0.25) is 0 Å². The predicted octanol–water partition coefficient (Wildman–Crippen LogP) is 1.49. The summed E-state index contributed by atoms with van der Waals surface area (Å²) in [5.41, 5.74) is 0. The number of nitrogens with zero attached hydrogens (tertiary/aromatic N) is 2. The van der Waals surface area contributed by atoms with Crippen molar-refractivity contribution in [1.29, 1.82) is 0 Å². The van der Waals surface area contributed by atoms with Crippen LogP contribution in [0.5, 0.6) is 0 Å². The minimum absolute atomic E-state index is 0.146. The van der Waals surface area contributed by atoms with Crippen molar-refractivity contribution in [2.24, 2.45) is 0 Å². The zero-order valence-electron chi connectivity index (χ0n) is 12.0. The summed E-state index contributed by atoms with van der Waals surface area (Å²) in [6.45, 7) is 5.29. The van der Waals surface area contributed by atoms with Crippen LogP contribution in [-0.2, 0) is 16.1 Å². The van der Waals surface area contributed by atoms with E-state index >= 15 is 0 Å². The summed E-state index contributed by atoms with van der Waals surface area (Å²) in [6.07, 6.45) is 4.21. The number of furan rings is 1. The number of ether oxygens (including phenoxy) is 1. The Morgan fingerprint density at radius 1 is 1.50 bits per heavy atom. The maximum atomic E-state index is 12.4. The van der Waals surface area contributed by atoms with Crippen LogP contribution in [0.1, 0.15) is 25.5 Å². The predicted molar refractivity (Wildman–Crippen MR) is 74.1 cm³/mol. The highest BCUT2D eigenvalue weighted by Crippen LogP contribution is 2.28. The van der Waals surface area contributed by atoms with E-state index in [0.29, 0.717) is 32.3 Å². The fourth-order valence-electron chi connectivity index (χ4n) is 2.68. The number of carbonyl (C=O) groups is 1. The normalized spacial score (nSPS) is 23.3. The van der Waals surface area contributed by atoms with Gasteiger partial charge in [0.05, 0.1) is 32.1 Å². The molecule has 2 fully saturated rings. The number of hydrogen-bond donors (Lipinski definition) is 0. The van der Waals surface area contributed by atoms with Gasteiger partial charge in [-0.15, -0.1) is 0 Å². The number of amides is 1. The van der Waals surface area contributed by atoms with Gasteiger partial charge in [-0.25, -0.2) is 0 Å². The fraction of sp³-hybridized carbons (Fsp3) is 0.667. The molecule has 0 N–H and O–H groups in total. The van der Waals surface area contributed by atoms with Gasteiger partial charge in [-0.1, -0.05) is 0 Å². The van der Waals surface area contributed by atoms with Gasteiger partial charge in [0.1, 0.15) is 5.76 Å². The molecule has 0 spiro atoms. The van der Waals surface area contributed by atoms with Crippen LogP contribution in [-0.4, -0.2) is 54.1 Å². The molecule has 1 amide bonds. The van der Waals surface area contributed by atoms with Crippen molar-refractivity contribution in [3.63, 3.8) is 0 Å². The van der Waals surface area contributed by atoms with Crippen molar-refractivity contribution in [2.75, 3.05) is 26.2 Å². The molecular formula is C15H22N2O3. The van der Waals surface area contributed by atoms with E-state index in [9.17, 15) is 4.79 Å². The Bertz CT molecular complexity index is 442. The zero-order valence-corrected chi connectivity index (χ0v) is 12.0. The van der Waals surface area contributed by atoms with E-state index in [1.165, 1.54) is 12.8 Å². The van der Waals surface area contributed by atoms with Gasteiger partial charge in [-0.05, 0) is 31.9 Å². The Hall–Kier alpha value is -1.33. The highest BCUT2D eigenvalue weighted by Gasteiger charge is 2.32. The van der Waals surface area contributed by atoms with E-state index in [4.69, 9.17) is 9.15 Å². The number of morpholine rings is 1. The topological polar surface area (TPSA) is 45.9 Å². The van der Waals surface area contributed by atoms with Crippen molar-refractivity contribution < 1.29 is 13.9 Å². The van der Waals surface area contributed by atoms with Crippen molar-refractivity contribution in [1.82, 2.24) is 9.80 Å². The molecule has 20 heavy (non-hydrogen) atoms. The third kappa shape index (κ3) is 3.41. The molecule has 0 aromatic carbocycles. The smallest absolute Gasteiger partial charge is 0.236 e. The molecule has 0 radical (unpaired) electrons. The molecule has 2 heterocycles. The van der Waals surface area contributed by atoms with Crippen molar-refractivity contribution in [3.8, 4) is 0 Å². The molecule has 0 bridgehead atoms. The Balaban J connectivity index is 1.57. The molecule has 1 aliphatic carbocycles. The average molecular weight is 278 g/mol. The maximum Gasteiger partial charge on any atom is 0.236 e. The molecule has 110 valence electrons. The van der Waals surface area contributed by atoms with Gasteiger partial charge >= 0.3 is 0 Å². The van der Waals surface area contributed by atoms with Gasteiger partial charge in [0.2, 0.25) is 5.91 Å². The Morgan fingerprint density at radius 3 is 3.00 bits per heavy atom. The van der Waals surface area contributed by atoms with E-state index in [1.807, 2.05) is 24.0 Å². The lowest BCUT2D eigenvalue weighted by atomic mass is 10.3. The molecule has 3 rings (SSSR count). The van der Waals surface area contributed by atoms with Crippen LogP contribution >= 0.6 is 0 Å². The van der Waals surface area contributed by atoms with Crippen LogP contribution in [0.25, 0.3) is 0 Å². The van der Waals surface area contributed by atoms with E-state index in [-0.39, 0.29) is 12.0 Å². The van der Waals surface area contributed by atoms with E-state index < -0.39 is 0 Å². The third-order valence-electron chi connectivity index (χ3n) is 3.93. The number of rotatable bonds is 5. The van der Waals surface area contributed by atoms with Crippen LogP contribution in [0.4, 0.5) is 0 Å². The second kappa shape index (κ2) is 5.97. The summed E-state index contributed by atoms with van der Waals surface area (Å²) in [5, 5.41) is 0. The minimum atomic E-state index is 0.146. The van der Waals surface area contributed by atoms with Crippen LogP contribution < -0.4 is 0 Å². The standard InChI is InChI=1S/C15H22N2O3/c1-12-9-16(6-8-19-12)15(18)11-17(13-4-5-13)10-14-3-2-7-20-14/h2-3,7,12-13H,4-6,8-11H2,1H3. The van der Waals surface area contributed by atoms with Crippen molar-refractivity contribution in [3.05, 3.63) is 24.2 Å². The molecule has 1 unspecified atom stereocenters. The quantitative estimate of drug-likeness (QED) is 0.818. The second-order valence-corrected chi connectivity index (χ2v) is 5.74. The van der Waals surface area contributed by atoms with E-state index in [0.717, 1.165) is 12.3 Å². The second-order valence-electron chi connectivity index (χ2n) is 5.74. The molecule has 5 heteroatoms. The van der Waals surface area contributed by atoms with Gasteiger partial charge in [0, 0.05) is 19.1 Å². The molecule has 5 nitrogen and oxygen atoms in total. The Morgan fingerprint density at radius 2 is 2.35 bits per heavy atom. The average Bonchev–Trinajstić information content (AvgIpc) is 3.16. The zero-order chi connectivity index (χ0) is 13.9. The molecule has 2 aliphatic rings. The molecule has 1 saturated carbocycles. The largest absolute Gasteiger partial charge is 0.468 e. The third-order valence-corrected chi connectivity index (χ3v) is 3.93. The molecule has 1 aromatic rings. The summed E-state index contributed by atoms with van der Waals surface area (Å²) in [4.78, 5) is 16.6. The van der Waals surface area contributed by atoms with Gasteiger partial charge in [0.15, 0.2) is 0 Å². The molecule has 1 aromatic heterocycles. The van der Waals surface area contributed by atoms with Gasteiger partial charge in [0.25, 0.3) is 0 Å². The lowest BCUT2D eigenvalue weighted by Crippen LogP contribution is -2.48. The van der Waals surface area contributed by atoms with Crippen molar-refractivity contribution in [2.45, 2.75) is 38.5 Å². The minimum Gasteiger partial charge on any atom is -0.468 e. The van der Waals surface area contributed by atoms with Gasteiger partial charge in [-0.3, -0.25) is 9.69 Å². The first-order valence-corrected chi connectivity index (χ1v) is 7.38. The van der Waals surface area contributed by atoms with Gasteiger partial charge in [-0.2, -0.15) is 0 Å². The first kappa shape index (κ1) is 13.6. The SMILES string of the molecule is CC1CN(C(=O)CN(Cc2ccco2)C2CC2)CCO1. The molecule has 1 aliphatic heterocycles. The Kier molecular flexibility index (Phi) is 4.08. The van der Waals surface area contributed by atoms with E-state index in [2.05, 4.69) is 4.90 Å². The van der Waals surface area contributed by atoms with Crippen LogP contribution in [0, 0.1) is 0 Å². The maximum absolute atomic E-state index is 12.4. The molecule has 1 atom stereocenters. The summed E-state index contributed by atoms with van der Waals surface area (Å²) in [6, 6.07) is 4.41. The highest BCUT2D eigenvalue weighted by atomic mass is 16.5. The van der Waals surface area contributed by atoms with Crippen LogP contribution in [0.15, 0.2) is 22.8 Å². The summed E-state index contributed by atoms with van der Waals surface area (Å²) >= 11 is 0. The lowest BCUT2D eigenvalue weighted by Gasteiger charge is -2.33. The lowest BCUT2D eigenvalue weighted by molar-refractivity contribution is -0.139. The fourth-order valence-corrected chi connectivity index (χ4v) is 2.68. The summed E-state index contributed by atoms with van der Waals surface area (Å²) in [7, 11) is 0. The summed E-state index contributed by atoms with van der Waals surface area (Å²) < 4.78 is 10.9. The first-order chi connectivity index (χ1) is 9.72. The van der Waals surface area contributed by atoms with Crippen LogP contribution in [0.3, 0.4) is 0 Å². The number of hydrogen-bond acceptors (Lipinski definition) is 4. The van der Waals surface area contributed by atoms with E-state index in [1.54, 1.807) is 6.26 Å². The first-order valence-electron chi connectivity index (χ1n) is 7.38. The van der Waals surface area contributed by atoms with Crippen molar-refractivity contribution >= 4 is 5.91 Å².